The fraction of sp³-hybridized carbons (Fsp3) is 0.600. The first-order valence-corrected chi connectivity index (χ1v) is 14.1. The molecule has 0 saturated carbocycles. The van der Waals surface area contributed by atoms with Gasteiger partial charge in [-0.3, -0.25) is 4.79 Å². The highest BCUT2D eigenvalue weighted by atomic mass is 28.4. The molecule has 1 fully saturated rings. The van der Waals surface area contributed by atoms with E-state index < -0.39 is 25.5 Å². The van der Waals surface area contributed by atoms with Crippen LogP contribution in [0.15, 0.2) is 24.3 Å². The van der Waals surface area contributed by atoms with Crippen molar-refractivity contribution in [3.05, 3.63) is 29.8 Å². The first-order valence-electron chi connectivity index (χ1n) is 11.1. The summed E-state index contributed by atoms with van der Waals surface area (Å²) >= 11 is 0. The highest BCUT2D eigenvalue weighted by Crippen LogP contribution is 2.47. The molecule has 2 aliphatic heterocycles. The molecule has 1 aromatic carbocycles. The van der Waals surface area contributed by atoms with Crippen LogP contribution in [0.2, 0.25) is 18.1 Å². The standard InChI is InChI=1S/C25H36O6Si/c1-23(2,3)30-22(27)25-18(15-17(29-25)11-13-21(25)26)16-10-12-19(20(14-16)28-7)31-32(8,9)24(4,5)6/h10,12,14-15,17H,11,13H2,1-9H3/t17-,25-/m1/s1. The van der Waals surface area contributed by atoms with Gasteiger partial charge in [-0.2, -0.15) is 0 Å². The maximum Gasteiger partial charge on any atom is 0.351 e. The zero-order valence-electron chi connectivity index (χ0n) is 20.8. The average Bonchev–Trinajstić information content (AvgIpc) is 2.98. The number of ether oxygens (including phenoxy) is 3. The van der Waals surface area contributed by atoms with Gasteiger partial charge in [0.25, 0.3) is 8.32 Å². The van der Waals surface area contributed by atoms with Crippen LogP contribution in [0.25, 0.3) is 5.57 Å². The van der Waals surface area contributed by atoms with Crippen LogP contribution < -0.4 is 9.16 Å². The maximum atomic E-state index is 13.2. The van der Waals surface area contributed by atoms with E-state index in [1.807, 2.05) is 24.3 Å². The highest BCUT2D eigenvalue weighted by molar-refractivity contribution is 6.74. The third-order valence-electron chi connectivity index (χ3n) is 6.44. The molecule has 0 aromatic heterocycles. The van der Waals surface area contributed by atoms with E-state index >= 15 is 0 Å². The Bertz CT molecular complexity index is 950. The first-order chi connectivity index (χ1) is 14.6. The van der Waals surface area contributed by atoms with E-state index in [2.05, 4.69) is 33.9 Å². The van der Waals surface area contributed by atoms with Gasteiger partial charge in [-0.25, -0.2) is 4.79 Å². The van der Waals surface area contributed by atoms with E-state index in [-0.39, 0.29) is 23.3 Å². The van der Waals surface area contributed by atoms with Crippen LogP contribution in [0.1, 0.15) is 59.9 Å². The minimum atomic E-state index is -2.08. The number of hydrogen-bond acceptors (Lipinski definition) is 6. The van der Waals surface area contributed by atoms with Gasteiger partial charge in [0.15, 0.2) is 11.5 Å². The number of esters is 1. The van der Waals surface area contributed by atoms with E-state index in [0.29, 0.717) is 29.1 Å². The second-order valence-corrected chi connectivity index (χ2v) is 15.8. The van der Waals surface area contributed by atoms with Crippen molar-refractivity contribution in [2.24, 2.45) is 0 Å². The van der Waals surface area contributed by atoms with Crippen molar-refractivity contribution < 1.29 is 28.2 Å². The van der Waals surface area contributed by atoms with Crippen molar-refractivity contribution in [2.45, 2.75) is 89.8 Å². The third-order valence-corrected chi connectivity index (χ3v) is 10.8. The summed E-state index contributed by atoms with van der Waals surface area (Å²) in [6.45, 7) is 16.2. The lowest BCUT2D eigenvalue weighted by Gasteiger charge is -2.37. The van der Waals surface area contributed by atoms with Gasteiger partial charge >= 0.3 is 5.97 Å². The zero-order chi connectivity index (χ0) is 24.1. The molecule has 176 valence electrons. The van der Waals surface area contributed by atoms with Crippen LogP contribution in [0, 0.1) is 0 Å². The van der Waals surface area contributed by atoms with Crippen LogP contribution in [0.5, 0.6) is 11.5 Å². The number of hydrogen-bond donors (Lipinski definition) is 0. The molecule has 2 aliphatic rings. The normalized spacial score (nSPS) is 23.6. The molecule has 0 unspecified atom stereocenters. The van der Waals surface area contributed by atoms with Crippen molar-refractivity contribution in [1.29, 1.82) is 0 Å². The van der Waals surface area contributed by atoms with E-state index in [4.69, 9.17) is 18.6 Å². The van der Waals surface area contributed by atoms with Crippen LogP contribution in [-0.4, -0.2) is 44.5 Å². The van der Waals surface area contributed by atoms with Crippen molar-refractivity contribution in [2.75, 3.05) is 7.11 Å². The lowest BCUT2D eigenvalue weighted by molar-refractivity contribution is -0.184. The monoisotopic (exact) mass is 460 g/mol. The predicted molar refractivity (Wildman–Crippen MR) is 126 cm³/mol. The lowest BCUT2D eigenvalue weighted by Crippen LogP contribution is -2.53. The Balaban J connectivity index is 2.03. The summed E-state index contributed by atoms with van der Waals surface area (Å²) in [5.74, 6) is 0.278. The van der Waals surface area contributed by atoms with Gasteiger partial charge in [-0.1, -0.05) is 26.8 Å². The van der Waals surface area contributed by atoms with E-state index in [1.54, 1.807) is 27.9 Å². The van der Waals surface area contributed by atoms with Crippen molar-refractivity contribution in [3.8, 4) is 11.5 Å². The maximum absolute atomic E-state index is 13.2. The largest absolute Gasteiger partial charge is 0.541 e. The number of ketones is 1. The van der Waals surface area contributed by atoms with Gasteiger partial charge in [0.2, 0.25) is 5.60 Å². The Morgan fingerprint density at radius 3 is 2.34 bits per heavy atom. The molecule has 1 aromatic rings. The number of Topliss-reactive ketones (excluding diaryl/α,β-unsaturated/α-hetero) is 1. The van der Waals surface area contributed by atoms with Gasteiger partial charge in [0, 0.05) is 12.0 Å². The summed E-state index contributed by atoms with van der Waals surface area (Å²) in [7, 11) is -0.494. The highest BCUT2D eigenvalue weighted by Gasteiger charge is 2.59. The van der Waals surface area contributed by atoms with Crippen LogP contribution in [0.4, 0.5) is 0 Å². The molecule has 0 aliphatic carbocycles. The van der Waals surface area contributed by atoms with Gasteiger partial charge in [0.05, 0.1) is 13.2 Å². The Hall–Kier alpha value is -2.12. The number of benzene rings is 1. The number of carbonyl (C=O) groups is 2. The summed E-state index contributed by atoms with van der Waals surface area (Å²) in [6, 6.07) is 5.53. The van der Waals surface area contributed by atoms with E-state index in [0.717, 1.165) is 0 Å². The second kappa shape index (κ2) is 8.03. The minimum Gasteiger partial charge on any atom is -0.541 e. The molecule has 2 bridgehead atoms. The molecular weight excluding hydrogens is 424 g/mol. The molecule has 2 heterocycles. The Kier molecular flexibility index (Phi) is 6.15. The number of fused-ring (bicyclic) bond motifs is 2. The smallest absolute Gasteiger partial charge is 0.351 e. The summed E-state index contributed by atoms with van der Waals surface area (Å²) in [4.78, 5) is 26.3. The lowest BCUT2D eigenvalue weighted by atomic mass is 9.84. The molecule has 6 nitrogen and oxygen atoms in total. The summed E-state index contributed by atoms with van der Waals surface area (Å²) in [5, 5.41) is 0.0305. The molecular formula is C25H36O6Si. The number of methoxy groups -OCH3 is 1. The summed E-state index contributed by atoms with van der Waals surface area (Å²) < 4.78 is 23.7. The molecule has 0 spiro atoms. The van der Waals surface area contributed by atoms with Crippen molar-refractivity contribution in [1.82, 2.24) is 0 Å². The van der Waals surface area contributed by atoms with Crippen molar-refractivity contribution >= 4 is 25.6 Å². The Morgan fingerprint density at radius 1 is 1.12 bits per heavy atom. The van der Waals surface area contributed by atoms with Gasteiger partial charge in [-0.15, -0.1) is 0 Å². The molecule has 3 rings (SSSR count). The summed E-state index contributed by atoms with van der Waals surface area (Å²) in [5.41, 5.74) is -1.26. The molecule has 2 atom stereocenters. The average molecular weight is 461 g/mol. The molecule has 1 saturated heterocycles. The topological polar surface area (TPSA) is 71.1 Å². The summed E-state index contributed by atoms with van der Waals surface area (Å²) in [6.07, 6.45) is 2.40. The molecule has 32 heavy (non-hydrogen) atoms. The number of rotatable bonds is 5. The van der Waals surface area contributed by atoms with Gasteiger partial charge in [0.1, 0.15) is 11.4 Å². The van der Waals surface area contributed by atoms with Crippen LogP contribution in [-0.2, 0) is 19.1 Å². The molecule has 0 N–H and O–H groups in total. The van der Waals surface area contributed by atoms with Crippen LogP contribution in [0.3, 0.4) is 0 Å². The van der Waals surface area contributed by atoms with E-state index in [1.165, 1.54) is 0 Å². The minimum absolute atomic E-state index is 0.0305. The predicted octanol–water partition coefficient (Wildman–Crippen LogP) is 5.30. The second-order valence-electron chi connectivity index (χ2n) is 11.1. The quantitative estimate of drug-likeness (QED) is 0.337. The Labute approximate surface area is 192 Å². The number of carbonyl (C=O) groups excluding carboxylic acids is 2. The first kappa shape index (κ1) is 24.5. The third kappa shape index (κ3) is 4.37. The molecule has 0 radical (unpaired) electrons. The van der Waals surface area contributed by atoms with Crippen molar-refractivity contribution in [3.63, 3.8) is 0 Å². The SMILES string of the molecule is COc1cc(C2=C[C@H]3CCC(=O)[C@]2(C(=O)OC(C)(C)C)O3)ccc1O[Si](C)(C)C(C)(C)C. The van der Waals surface area contributed by atoms with Gasteiger partial charge in [-0.05, 0) is 69.1 Å². The molecule has 0 amide bonds. The Morgan fingerprint density at radius 2 is 1.78 bits per heavy atom. The van der Waals surface area contributed by atoms with Crippen LogP contribution >= 0.6 is 0 Å². The fourth-order valence-corrected chi connectivity index (χ4v) is 4.73. The molecule has 7 heteroatoms. The van der Waals surface area contributed by atoms with E-state index in [9.17, 15) is 9.59 Å². The fourth-order valence-electron chi connectivity index (χ4n) is 3.70. The zero-order valence-corrected chi connectivity index (χ0v) is 21.8. The van der Waals surface area contributed by atoms with Gasteiger partial charge < -0.3 is 18.6 Å².